The fourth-order valence-electron chi connectivity index (χ4n) is 3.25. The van der Waals surface area contributed by atoms with Gasteiger partial charge >= 0.3 is 0 Å². The normalized spacial score (nSPS) is 11.4. The molecule has 0 amide bonds. The number of anilines is 2. The first-order valence-electron chi connectivity index (χ1n) is 7.43. The molecule has 2 heterocycles. The summed E-state index contributed by atoms with van der Waals surface area (Å²) in [5.74, 6) is 0.612. The third-order valence-electron chi connectivity index (χ3n) is 4.30. The SMILES string of the molecule is Cc1ccccc1-c1cc2nc(N)nc(N)c2c2ccn(C)c12. The number of rotatable bonds is 1. The molecule has 2 aromatic heterocycles. The standard InChI is InChI=1S/C18H17N5/c1-10-5-3-4-6-11(10)13-9-14-15(17(19)22-18(20)21-14)12-7-8-23(2)16(12)13/h3-9H,1-2H3,(H4,19,20,21,22). The Bertz CT molecular complexity index is 1060. The molecule has 0 fully saturated rings. The molecule has 2 aromatic carbocycles. The molecule has 114 valence electrons. The minimum atomic E-state index is 0.195. The van der Waals surface area contributed by atoms with Crippen LogP contribution in [0.2, 0.25) is 0 Å². The second-order valence-corrected chi connectivity index (χ2v) is 5.79. The van der Waals surface area contributed by atoms with E-state index in [4.69, 9.17) is 11.5 Å². The molecule has 0 bridgehead atoms. The molecule has 0 saturated heterocycles. The summed E-state index contributed by atoms with van der Waals surface area (Å²) in [7, 11) is 2.03. The number of aromatic nitrogens is 3. The van der Waals surface area contributed by atoms with Crippen molar-refractivity contribution in [3.8, 4) is 11.1 Å². The summed E-state index contributed by atoms with van der Waals surface area (Å²) in [6, 6.07) is 12.4. The number of hydrogen-bond donors (Lipinski definition) is 2. The van der Waals surface area contributed by atoms with E-state index in [-0.39, 0.29) is 5.95 Å². The van der Waals surface area contributed by atoms with Crippen LogP contribution in [0.4, 0.5) is 11.8 Å². The van der Waals surface area contributed by atoms with E-state index >= 15 is 0 Å². The monoisotopic (exact) mass is 303 g/mol. The van der Waals surface area contributed by atoms with Crippen molar-refractivity contribution in [3.05, 3.63) is 48.2 Å². The molecule has 0 unspecified atom stereocenters. The lowest BCUT2D eigenvalue weighted by atomic mass is 9.96. The molecule has 0 saturated carbocycles. The van der Waals surface area contributed by atoms with Crippen LogP contribution in [-0.4, -0.2) is 14.5 Å². The van der Waals surface area contributed by atoms with Gasteiger partial charge in [-0.25, -0.2) is 4.98 Å². The lowest BCUT2D eigenvalue weighted by Crippen LogP contribution is -2.01. The van der Waals surface area contributed by atoms with Crippen molar-refractivity contribution >= 4 is 33.6 Å². The third-order valence-corrected chi connectivity index (χ3v) is 4.30. The van der Waals surface area contributed by atoms with Gasteiger partial charge < -0.3 is 16.0 Å². The van der Waals surface area contributed by atoms with E-state index in [0.29, 0.717) is 5.82 Å². The smallest absolute Gasteiger partial charge is 0.222 e. The van der Waals surface area contributed by atoms with Crippen LogP contribution in [-0.2, 0) is 7.05 Å². The highest BCUT2D eigenvalue weighted by atomic mass is 15.0. The van der Waals surface area contributed by atoms with Crippen molar-refractivity contribution in [1.82, 2.24) is 14.5 Å². The van der Waals surface area contributed by atoms with E-state index in [1.54, 1.807) is 0 Å². The topological polar surface area (TPSA) is 82.8 Å². The van der Waals surface area contributed by atoms with E-state index in [0.717, 1.165) is 27.4 Å². The number of nitrogens with two attached hydrogens (primary N) is 2. The molecule has 4 rings (SSSR count). The first kappa shape index (κ1) is 13.6. The number of nitrogen functional groups attached to an aromatic ring is 2. The van der Waals surface area contributed by atoms with Gasteiger partial charge in [0, 0.05) is 24.2 Å². The predicted molar refractivity (Wildman–Crippen MR) is 95.0 cm³/mol. The molecule has 0 aliphatic heterocycles. The molecule has 23 heavy (non-hydrogen) atoms. The summed E-state index contributed by atoms with van der Waals surface area (Å²) < 4.78 is 2.10. The summed E-state index contributed by atoms with van der Waals surface area (Å²) >= 11 is 0. The van der Waals surface area contributed by atoms with Crippen LogP contribution >= 0.6 is 0 Å². The zero-order valence-electron chi connectivity index (χ0n) is 13.0. The van der Waals surface area contributed by atoms with Gasteiger partial charge in [-0.2, -0.15) is 4.98 Å². The van der Waals surface area contributed by atoms with Crippen molar-refractivity contribution in [2.24, 2.45) is 7.05 Å². The summed E-state index contributed by atoms with van der Waals surface area (Å²) in [4.78, 5) is 8.51. The Morgan fingerprint density at radius 2 is 1.78 bits per heavy atom. The van der Waals surface area contributed by atoms with Gasteiger partial charge in [-0.3, -0.25) is 0 Å². The lowest BCUT2D eigenvalue weighted by Gasteiger charge is -2.12. The molecule has 4 N–H and O–H groups in total. The number of nitrogens with zero attached hydrogens (tertiary/aromatic N) is 3. The van der Waals surface area contributed by atoms with Gasteiger partial charge in [-0.05, 0) is 30.2 Å². The van der Waals surface area contributed by atoms with Crippen LogP contribution in [0.3, 0.4) is 0 Å². The summed E-state index contributed by atoms with van der Waals surface area (Å²) in [5.41, 5.74) is 17.3. The predicted octanol–water partition coefficient (Wildman–Crippen LogP) is 3.26. The molecular formula is C18H17N5. The van der Waals surface area contributed by atoms with Crippen molar-refractivity contribution in [1.29, 1.82) is 0 Å². The molecule has 0 atom stereocenters. The zero-order valence-corrected chi connectivity index (χ0v) is 13.0. The third kappa shape index (κ3) is 1.93. The molecule has 4 aromatic rings. The maximum Gasteiger partial charge on any atom is 0.222 e. The van der Waals surface area contributed by atoms with Crippen LogP contribution in [0.5, 0.6) is 0 Å². The van der Waals surface area contributed by atoms with Gasteiger partial charge in [-0.15, -0.1) is 0 Å². The maximum atomic E-state index is 6.11. The average Bonchev–Trinajstić information content (AvgIpc) is 2.88. The highest BCUT2D eigenvalue weighted by Crippen LogP contribution is 2.37. The van der Waals surface area contributed by atoms with Crippen LogP contribution < -0.4 is 11.5 Å². The first-order valence-corrected chi connectivity index (χ1v) is 7.43. The van der Waals surface area contributed by atoms with E-state index in [1.165, 1.54) is 11.1 Å². The highest BCUT2D eigenvalue weighted by Gasteiger charge is 2.16. The van der Waals surface area contributed by atoms with Gasteiger partial charge in [0.25, 0.3) is 0 Å². The second-order valence-electron chi connectivity index (χ2n) is 5.79. The maximum absolute atomic E-state index is 6.11. The van der Waals surface area contributed by atoms with Gasteiger partial charge in [0.05, 0.1) is 16.4 Å². The van der Waals surface area contributed by atoms with Crippen LogP contribution in [0.15, 0.2) is 42.6 Å². The van der Waals surface area contributed by atoms with Gasteiger partial charge in [-0.1, -0.05) is 24.3 Å². The minimum Gasteiger partial charge on any atom is -0.383 e. The Hall–Kier alpha value is -3.08. The van der Waals surface area contributed by atoms with Gasteiger partial charge in [0.2, 0.25) is 5.95 Å². The van der Waals surface area contributed by atoms with Crippen molar-refractivity contribution in [2.75, 3.05) is 11.5 Å². The van der Waals surface area contributed by atoms with Crippen LogP contribution in [0, 0.1) is 6.92 Å². The van der Waals surface area contributed by atoms with E-state index in [1.807, 2.05) is 25.4 Å². The van der Waals surface area contributed by atoms with Crippen molar-refractivity contribution in [3.63, 3.8) is 0 Å². The van der Waals surface area contributed by atoms with E-state index in [9.17, 15) is 0 Å². The van der Waals surface area contributed by atoms with Crippen LogP contribution in [0.1, 0.15) is 5.56 Å². The average molecular weight is 303 g/mol. The van der Waals surface area contributed by atoms with Crippen molar-refractivity contribution < 1.29 is 0 Å². The molecule has 0 radical (unpaired) electrons. The van der Waals surface area contributed by atoms with Gasteiger partial charge in [0.1, 0.15) is 5.82 Å². The molecule has 5 nitrogen and oxygen atoms in total. The highest BCUT2D eigenvalue weighted by molar-refractivity contribution is 6.15. The molecule has 0 spiro atoms. The largest absolute Gasteiger partial charge is 0.383 e. The number of aryl methyl sites for hydroxylation is 2. The first-order chi connectivity index (χ1) is 11.1. The molecule has 0 aliphatic carbocycles. The van der Waals surface area contributed by atoms with Crippen molar-refractivity contribution in [2.45, 2.75) is 6.92 Å². The van der Waals surface area contributed by atoms with E-state index < -0.39 is 0 Å². The van der Waals surface area contributed by atoms with E-state index in [2.05, 4.69) is 45.7 Å². The van der Waals surface area contributed by atoms with Gasteiger partial charge in [0.15, 0.2) is 0 Å². The molecule has 0 aliphatic rings. The Balaban J connectivity index is 2.23. The summed E-state index contributed by atoms with van der Waals surface area (Å²) in [6.07, 6.45) is 2.03. The van der Waals surface area contributed by atoms with Crippen LogP contribution in [0.25, 0.3) is 32.9 Å². The number of benzene rings is 2. The lowest BCUT2D eigenvalue weighted by molar-refractivity contribution is 0.970. The Morgan fingerprint density at radius 3 is 2.57 bits per heavy atom. The Kier molecular flexibility index (Phi) is 2.78. The second kappa shape index (κ2) is 4.71. The Labute approximate surface area is 133 Å². The minimum absolute atomic E-state index is 0.195. The fraction of sp³-hybridized carbons (Fsp3) is 0.111. The number of hydrogen-bond acceptors (Lipinski definition) is 4. The zero-order chi connectivity index (χ0) is 16.1. The molecule has 5 heteroatoms. The molecular weight excluding hydrogens is 286 g/mol. The quantitative estimate of drug-likeness (QED) is 0.565. The Morgan fingerprint density at radius 1 is 1.00 bits per heavy atom. The number of fused-ring (bicyclic) bond motifs is 3. The summed E-state index contributed by atoms with van der Waals surface area (Å²) in [5, 5.41) is 1.90. The summed E-state index contributed by atoms with van der Waals surface area (Å²) in [6.45, 7) is 2.11. The fourth-order valence-corrected chi connectivity index (χ4v) is 3.25.